The molecule has 0 heterocycles. The lowest BCUT2D eigenvalue weighted by molar-refractivity contribution is 0.419. The molecule has 19 heavy (non-hydrogen) atoms. The largest absolute Gasteiger partial charge is 0.496 e. The third kappa shape index (κ3) is 2.90. The van der Waals surface area contributed by atoms with Gasteiger partial charge in [-0.2, -0.15) is 0 Å². The van der Waals surface area contributed by atoms with Gasteiger partial charge in [-0.3, -0.25) is 0 Å². The minimum absolute atomic E-state index is 0.422. The molecule has 0 bridgehead atoms. The summed E-state index contributed by atoms with van der Waals surface area (Å²) in [6.07, 6.45) is 2.34. The normalized spacial score (nSPS) is 12.6. The Hall–Kier alpha value is -1.54. The van der Waals surface area contributed by atoms with E-state index in [4.69, 9.17) is 4.74 Å². The number of ether oxygens (including phenoxy) is 1. The first-order valence-electron chi connectivity index (χ1n) is 7.10. The van der Waals surface area contributed by atoms with Crippen molar-refractivity contribution in [3.63, 3.8) is 0 Å². The lowest BCUT2D eigenvalue weighted by Crippen LogP contribution is -2.20. The van der Waals surface area contributed by atoms with Crippen LogP contribution in [0.4, 0.5) is 0 Å². The van der Waals surface area contributed by atoms with Gasteiger partial charge in [0.1, 0.15) is 5.75 Å². The van der Waals surface area contributed by atoms with Crippen LogP contribution in [0.25, 0.3) is 10.8 Å². The number of nitrogens with one attached hydrogen (secondary N) is 1. The molecule has 0 aliphatic heterocycles. The van der Waals surface area contributed by atoms with Crippen molar-refractivity contribution in [3.8, 4) is 5.75 Å². The first-order chi connectivity index (χ1) is 9.31. The average Bonchev–Trinajstić information content (AvgIpc) is 2.46. The van der Waals surface area contributed by atoms with E-state index in [2.05, 4.69) is 55.6 Å². The second kappa shape index (κ2) is 6.58. The first-order valence-corrected chi connectivity index (χ1v) is 7.10. The van der Waals surface area contributed by atoms with Crippen LogP contribution < -0.4 is 10.1 Å². The standard InChI is InChI=1S/C17H23NO/c1-4-8-16(18-5-2)14-11-12-17(19-3)15-10-7-6-9-13(14)15/h6-7,9-12,16,18H,4-5,8H2,1-3H3. The van der Waals surface area contributed by atoms with Crippen molar-refractivity contribution >= 4 is 10.8 Å². The molecule has 1 atom stereocenters. The highest BCUT2D eigenvalue weighted by Gasteiger charge is 2.14. The van der Waals surface area contributed by atoms with E-state index < -0.39 is 0 Å². The van der Waals surface area contributed by atoms with Gasteiger partial charge in [-0.25, -0.2) is 0 Å². The van der Waals surface area contributed by atoms with Crippen LogP contribution in [0.5, 0.6) is 5.75 Å². The molecule has 2 heteroatoms. The zero-order valence-electron chi connectivity index (χ0n) is 12.1. The maximum atomic E-state index is 5.46. The number of rotatable bonds is 6. The van der Waals surface area contributed by atoms with E-state index >= 15 is 0 Å². The van der Waals surface area contributed by atoms with E-state index in [0.29, 0.717) is 6.04 Å². The van der Waals surface area contributed by atoms with Crippen LogP contribution in [-0.2, 0) is 0 Å². The highest BCUT2D eigenvalue weighted by Crippen LogP contribution is 2.32. The Labute approximate surface area is 115 Å². The van der Waals surface area contributed by atoms with Crippen LogP contribution in [0.3, 0.4) is 0 Å². The van der Waals surface area contributed by atoms with Crippen molar-refractivity contribution < 1.29 is 4.74 Å². The summed E-state index contributed by atoms with van der Waals surface area (Å²) in [5.74, 6) is 0.950. The van der Waals surface area contributed by atoms with E-state index in [1.54, 1.807) is 7.11 Å². The molecular formula is C17H23NO. The molecule has 1 unspecified atom stereocenters. The van der Waals surface area contributed by atoms with Crippen molar-refractivity contribution in [2.24, 2.45) is 0 Å². The van der Waals surface area contributed by atoms with Crippen molar-refractivity contribution in [3.05, 3.63) is 42.0 Å². The van der Waals surface area contributed by atoms with Crippen molar-refractivity contribution in [2.45, 2.75) is 32.7 Å². The van der Waals surface area contributed by atoms with Gasteiger partial charge in [-0.05, 0) is 30.0 Å². The van der Waals surface area contributed by atoms with Crippen LogP contribution >= 0.6 is 0 Å². The van der Waals surface area contributed by atoms with Gasteiger partial charge in [-0.1, -0.05) is 50.6 Å². The van der Waals surface area contributed by atoms with Crippen LogP contribution in [0.1, 0.15) is 38.3 Å². The molecule has 2 aromatic carbocycles. The molecule has 2 nitrogen and oxygen atoms in total. The molecule has 0 radical (unpaired) electrons. The average molecular weight is 257 g/mol. The minimum Gasteiger partial charge on any atom is -0.496 e. The molecule has 0 aliphatic rings. The zero-order chi connectivity index (χ0) is 13.7. The maximum Gasteiger partial charge on any atom is 0.126 e. The van der Waals surface area contributed by atoms with Gasteiger partial charge in [0.15, 0.2) is 0 Å². The molecule has 0 fully saturated rings. The number of benzene rings is 2. The summed E-state index contributed by atoms with van der Waals surface area (Å²) >= 11 is 0. The molecule has 1 N–H and O–H groups in total. The fourth-order valence-corrected chi connectivity index (χ4v) is 2.68. The van der Waals surface area contributed by atoms with E-state index in [-0.39, 0.29) is 0 Å². The molecule has 0 spiro atoms. The van der Waals surface area contributed by atoms with Crippen molar-refractivity contribution in [1.29, 1.82) is 0 Å². The summed E-state index contributed by atoms with van der Waals surface area (Å²) in [4.78, 5) is 0. The predicted octanol–water partition coefficient (Wildman–Crippen LogP) is 4.30. The van der Waals surface area contributed by atoms with Gasteiger partial charge in [0.2, 0.25) is 0 Å². The number of hydrogen-bond donors (Lipinski definition) is 1. The highest BCUT2D eigenvalue weighted by molar-refractivity contribution is 5.91. The summed E-state index contributed by atoms with van der Waals surface area (Å²) in [5, 5.41) is 6.08. The van der Waals surface area contributed by atoms with Crippen molar-refractivity contribution in [2.75, 3.05) is 13.7 Å². The molecule has 0 amide bonds. The molecule has 2 aromatic rings. The third-order valence-electron chi connectivity index (χ3n) is 3.54. The van der Waals surface area contributed by atoms with Crippen LogP contribution in [0.2, 0.25) is 0 Å². The zero-order valence-corrected chi connectivity index (χ0v) is 12.1. The molecule has 0 aromatic heterocycles. The molecular weight excluding hydrogens is 234 g/mol. The van der Waals surface area contributed by atoms with Gasteiger partial charge in [0.05, 0.1) is 7.11 Å². The highest BCUT2D eigenvalue weighted by atomic mass is 16.5. The maximum absolute atomic E-state index is 5.46. The van der Waals surface area contributed by atoms with Gasteiger partial charge in [-0.15, -0.1) is 0 Å². The fraction of sp³-hybridized carbons (Fsp3) is 0.412. The number of fused-ring (bicyclic) bond motifs is 1. The lowest BCUT2D eigenvalue weighted by Gasteiger charge is -2.20. The second-order valence-electron chi connectivity index (χ2n) is 4.80. The van der Waals surface area contributed by atoms with Crippen LogP contribution in [0.15, 0.2) is 36.4 Å². The lowest BCUT2D eigenvalue weighted by atomic mass is 9.95. The van der Waals surface area contributed by atoms with E-state index in [1.807, 2.05) is 0 Å². The Kier molecular flexibility index (Phi) is 4.80. The molecule has 0 aliphatic carbocycles. The van der Waals surface area contributed by atoms with Crippen LogP contribution in [-0.4, -0.2) is 13.7 Å². The van der Waals surface area contributed by atoms with Gasteiger partial charge < -0.3 is 10.1 Å². The van der Waals surface area contributed by atoms with E-state index in [1.165, 1.54) is 22.8 Å². The molecule has 102 valence electrons. The Morgan fingerprint density at radius 3 is 2.42 bits per heavy atom. The summed E-state index contributed by atoms with van der Waals surface area (Å²) in [5.41, 5.74) is 1.38. The Balaban J connectivity index is 2.53. The quantitative estimate of drug-likeness (QED) is 0.833. The van der Waals surface area contributed by atoms with Crippen molar-refractivity contribution in [1.82, 2.24) is 5.32 Å². The SMILES string of the molecule is CCCC(NCC)c1ccc(OC)c2ccccc12. The van der Waals surface area contributed by atoms with Gasteiger partial charge in [0.25, 0.3) is 0 Å². The smallest absolute Gasteiger partial charge is 0.126 e. The summed E-state index contributed by atoms with van der Waals surface area (Å²) < 4.78 is 5.46. The number of hydrogen-bond acceptors (Lipinski definition) is 2. The van der Waals surface area contributed by atoms with E-state index in [9.17, 15) is 0 Å². The Morgan fingerprint density at radius 1 is 1.05 bits per heavy atom. The predicted molar refractivity (Wildman–Crippen MR) is 81.8 cm³/mol. The Morgan fingerprint density at radius 2 is 1.79 bits per heavy atom. The monoisotopic (exact) mass is 257 g/mol. The van der Waals surface area contributed by atoms with Gasteiger partial charge in [0, 0.05) is 11.4 Å². The van der Waals surface area contributed by atoms with Crippen LogP contribution in [0, 0.1) is 0 Å². The minimum atomic E-state index is 0.422. The summed E-state index contributed by atoms with van der Waals surface area (Å²) in [6, 6.07) is 13.2. The second-order valence-corrected chi connectivity index (χ2v) is 4.80. The number of methoxy groups -OCH3 is 1. The van der Waals surface area contributed by atoms with E-state index in [0.717, 1.165) is 18.7 Å². The topological polar surface area (TPSA) is 21.3 Å². The summed E-state index contributed by atoms with van der Waals surface area (Å²) in [7, 11) is 1.73. The summed E-state index contributed by atoms with van der Waals surface area (Å²) in [6.45, 7) is 5.38. The molecule has 2 rings (SSSR count). The first kappa shape index (κ1) is 13.9. The molecule has 0 saturated carbocycles. The Bertz CT molecular complexity index is 530. The third-order valence-corrected chi connectivity index (χ3v) is 3.54. The fourth-order valence-electron chi connectivity index (χ4n) is 2.68. The molecule has 0 saturated heterocycles. The van der Waals surface area contributed by atoms with Gasteiger partial charge >= 0.3 is 0 Å².